The summed E-state index contributed by atoms with van der Waals surface area (Å²) >= 11 is 0. The van der Waals surface area contributed by atoms with E-state index in [1.807, 2.05) is 20.8 Å². The molecule has 0 aromatic carbocycles. The highest BCUT2D eigenvalue weighted by molar-refractivity contribution is 6.55. The molecule has 23 heavy (non-hydrogen) atoms. The second-order valence-electron chi connectivity index (χ2n) is 5.46. The zero-order valence-electron chi connectivity index (χ0n) is 15.0. The molecule has 0 aromatic heterocycles. The fraction of sp³-hybridized carbons (Fsp3) is 0.875. The lowest BCUT2D eigenvalue weighted by Crippen LogP contribution is -2.51. The highest BCUT2D eigenvalue weighted by Crippen LogP contribution is 2.16. The Morgan fingerprint density at radius 1 is 0.783 bits per heavy atom. The van der Waals surface area contributed by atoms with Gasteiger partial charge in [0.15, 0.2) is 0 Å². The summed E-state index contributed by atoms with van der Waals surface area (Å²) < 4.78 is 22.7. The van der Waals surface area contributed by atoms with E-state index < -0.39 is 15.0 Å². The average molecular weight is 349 g/mol. The van der Waals surface area contributed by atoms with Crippen LogP contribution in [0.4, 0.5) is 0 Å². The van der Waals surface area contributed by atoms with Gasteiger partial charge < -0.3 is 17.7 Å². The molecule has 0 fully saturated rings. The molecule has 0 aliphatic heterocycles. The van der Waals surface area contributed by atoms with Crippen molar-refractivity contribution in [1.82, 2.24) is 0 Å². The third-order valence-corrected chi connectivity index (χ3v) is 5.11. The van der Waals surface area contributed by atoms with Gasteiger partial charge in [0.05, 0.1) is 0 Å². The largest absolute Gasteiger partial charge is 0.751 e. The van der Waals surface area contributed by atoms with Crippen molar-refractivity contribution in [3.8, 4) is 0 Å². The Labute approximate surface area is 141 Å². The Morgan fingerprint density at radius 2 is 1.17 bits per heavy atom. The minimum atomic E-state index is -3.54. The number of rotatable bonds is 15. The average Bonchev–Trinajstić information content (AvgIpc) is 2.47. The Morgan fingerprint density at radius 3 is 1.48 bits per heavy atom. The second kappa shape index (κ2) is 13.7. The van der Waals surface area contributed by atoms with Gasteiger partial charge in [-0.3, -0.25) is 9.59 Å². The fourth-order valence-electron chi connectivity index (χ4n) is 1.62. The van der Waals surface area contributed by atoms with E-state index in [-0.39, 0.29) is 12.2 Å². The van der Waals surface area contributed by atoms with E-state index >= 15 is 0 Å². The number of ketones is 1. The Balaban J connectivity index is 4.91. The number of Topliss-reactive ketones (excluding diaryl/α,β-unsaturated/α-hetero) is 1. The lowest BCUT2D eigenvalue weighted by molar-refractivity contribution is -0.146. The van der Waals surface area contributed by atoms with E-state index in [4.69, 9.17) is 17.7 Å². The van der Waals surface area contributed by atoms with Crippen molar-refractivity contribution in [1.29, 1.82) is 0 Å². The SMILES string of the molecule is CCCCO[Si](OCCCC)(OCCCC)OC(=O)CC(C)=O. The molecule has 0 aromatic rings. The van der Waals surface area contributed by atoms with Gasteiger partial charge >= 0.3 is 15.0 Å². The van der Waals surface area contributed by atoms with Crippen LogP contribution in [-0.2, 0) is 27.3 Å². The second-order valence-corrected chi connectivity index (χ2v) is 7.53. The molecular weight excluding hydrogens is 316 g/mol. The van der Waals surface area contributed by atoms with Gasteiger partial charge in [0.25, 0.3) is 0 Å². The summed E-state index contributed by atoms with van der Waals surface area (Å²) in [7, 11) is -3.54. The van der Waals surface area contributed by atoms with Gasteiger partial charge in [-0.05, 0) is 26.2 Å². The van der Waals surface area contributed by atoms with Gasteiger partial charge in [0.1, 0.15) is 12.2 Å². The molecule has 0 atom stereocenters. The van der Waals surface area contributed by atoms with E-state index in [1.54, 1.807) is 0 Å². The van der Waals surface area contributed by atoms with Gasteiger partial charge in [0, 0.05) is 19.8 Å². The quantitative estimate of drug-likeness (QED) is 0.257. The molecule has 0 aliphatic rings. The van der Waals surface area contributed by atoms with Crippen LogP contribution < -0.4 is 0 Å². The van der Waals surface area contributed by atoms with Crippen LogP contribution in [-0.4, -0.2) is 40.6 Å². The smallest absolute Gasteiger partial charge is 0.451 e. The van der Waals surface area contributed by atoms with Crippen molar-refractivity contribution < 1.29 is 27.3 Å². The zero-order valence-corrected chi connectivity index (χ0v) is 16.0. The molecule has 0 unspecified atom stereocenters. The van der Waals surface area contributed by atoms with Crippen LogP contribution in [0.1, 0.15) is 72.6 Å². The summed E-state index contributed by atoms with van der Waals surface area (Å²) in [6, 6.07) is 0. The monoisotopic (exact) mass is 348 g/mol. The van der Waals surface area contributed by atoms with Crippen molar-refractivity contribution in [2.24, 2.45) is 0 Å². The van der Waals surface area contributed by atoms with Crippen LogP contribution in [0.3, 0.4) is 0 Å². The number of carbonyl (C=O) groups excluding carboxylic acids is 2. The van der Waals surface area contributed by atoms with Crippen LogP contribution in [0, 0.1) is 0 Å². The number of unbranched alkanes of at least 4 members (excludes halogenated alkanes) is 3. The highest BCUT2D eigenvalue weighted by Gasteiger charge is 2.50. The first kappa shape index (κ1) is 22.2. The highest BCUT2D eigenvalue weighted by atomic mass is 28.4. The molecule has 0 bridgehead atoms. The van der Waals surface area contributed by atoms with E-state index in [9.17, 15) is 9.59 Å². The lowest BCUT2D eigenvalue weighted by atomic mass is 10.3. The number of hydrogen-bond acceptors (Lipinski definition) is 6. The molecule has 0 spiro atoms. The first-order valence-electron chi connectivity index (χ1n) is 8.62. The maximum atomic E-state index is 11.9. The van der Waals surface area contributed by atoms with Crippen molar-refractivity contribution >= 4 is 20.8 Å². The molecule has 7 heteroatoms. The van der Waals surface area contributed by atoms with Crippen LogP contribution in [0.25, 0.3) is 0 Å². The van der Waals surface area contributed by atoms with E-state index in [0.29, 0.717) is 19.8 Å². The maximum Gasteiger partial charge on any atom is 0.751 e. The van der Waals surface area contributed by atoms with Gasteiger partial charge in [0.2, 0.25) is 0 Å². The molecule has 0 radical (unpaired) electrons. The standard InChI is InChI=1S/C16H32O6Si/c1-5-8-11-19-23(20-12-9-6-2,21-13-10-7-3)22-16(18)14-15(4)17/h5-14H2,1-4H3. The predicted octanol–water partition coefficient (Wildman–Crippen LogP) is 3.39. The molecular formula is C16H32O6Si. The number of hydrogen-bond donors (Lipinski definition) is 0. The minimum absolute atomic E-state index is 0.256. The maximum absolute atomic E-state index is 11.9. The molecule has 0 amide bonds. The van der Waals surface area contributed by atoms with Gasteiger partial charge in [-0.15, -0.1) is 0 Å². The summed E-state index contributed by atoms with van der Waals surface area (Å²) in [6.45, 7) is 8.72. The van der Waals surface area contributed by atoms with E-state index in [0.717, 1.165) is 38.5 Å². The topological polar surface area (TPSA) is 71.1 Å². The third-order valence-electron chi connectivity index (χ3n) is 2.96. The summed E-state index contributed by atoms with van der Waals surface area (Å²) in [5, 5.41) is 0. The van der Waals surface area contributed by atoms with Crippen molar-refractivity contribution in [3.63, 3.8) is 0 Å². The molecule has 0 rings (SSSR count). The fourth-order valence-corrected chi connectivity index (χ4v) is 3.58. The molecule has 0 saturated carbocycles. The molecule has 0 saturated heterocycles. The zero-order chi connectivity index (χ0) is 17.6. The van der Waals surface area contributed by atoms with Crippen LogP contribution in [0.5, 0.6) is 0 Å². The van der Waals surface area contributed by atoms with Crippen molar-refractivity contribution in [3.05, 3.63) is 0 Å². The summed E-state index contributed by atoms with van der Waals surface area (Å²) in [5.74, 6) is -0.901. The van der Waals surface area contributed by atoms with E-state index in [1.165, 1.54) is 6.92 Å². The molecule has 0 heterocycles. The Kier molecular flexibility index (Phi) is 13.2. The van der Waals surface area contributed by atoms with Crippen molar-refractivity contribution in [2.75, 3.05) is 19.8 Å². The van der Waals surface area contributed by atoms with E-state index in [2.05, 4.69) is 0 Å². The predicted molar refractivity (Wildman–Crippen MR) is 89.7 cm³/mol. The molecule has 0 aliphatic carbocycles. The summed E-state index contributed by atoms with van der Waals surface area (Å²) in [5.41, 5.74) is 0. The Bertz CT molecular complexity index is 308. The first-order valence-corrected chi connectivity index (χ1v) is 10.3. The third kappa shape index (κ3) is 11.4. The van der Waals surface area contributed by atoms with Crippen LogP contribution >= 0.6 is 0 Å². The van der Waals surface area contributed by atoms with Crippen molar-refractivity contribution in [2.45, 2.75) is 72.6 Å². The van der Waals surface area contributed by atoms with Gasteiger partial charge in [-0.1, -0.05) is 40.0 Å². The molecule has 136 valence electrons. The Hall–Kier alpha value is -0.763. The number of carbonyl (C=O) groups is 2. The van der Waals surface area contributed by atoms with Crippen LogP contribution in [0.15, 0.2) is 0 Å². The summed E-state index contributed by atoms with van der Waals surface area (Å²) in [6.07, 6.45) is 5.05. The lowest BCUT2D eigenvalue weighted by Gasteiger charge is -2.27. The molecule has 0 N–H and O–H groups in total. The first-order chi connectivity index (χ1) is 11.0. The van der Waals surface area contributed by atoms with Gasteiger partial charge in [-0.2, -0.15) is 0 Å². The summed E-state index contributed by atoms with van der Waals surface area (Å²) in [4.78, 5) is 23.0. The molecule has 6 nitrogen and oxygen atoms in total. The van der Waals surface area contributed by atoms with Crippen LogP contribution in [0.2, 0.25) is 0 Å². The normalized spacial score (nSPS) is 11.5. The minimum Gasteiger partial charge on any atom is -0.451 e. The van der Waals surface area contributed by atoms with Gasteiger partial charge in [-0.25, -0.2) is 0 Å².